The van der Waals surface area contributed by atoms with Gasteiger partial charge < -0.3 is 9.47 Å². The van der Waals surface area contributed by atoms with E-state index in [0.29, 0.717) is 5.56 Å². The van der Waals surface area contributed by atoms with E-state index in [0.717, 1.165) is 40.5 Å². The number of aryl methyl sites for hydroxylation is 2. The molecule has 0 atom stereocenters. The van der Waals surface area contributed by atoms with Crippen LogP contribution in [0.1, 0.15) is 26.4 Å². The monoisotopic (exact) mass is 378 g/mol. The Bertz CT molecular complexity index is 1020. The van der Waals surface area contributed by atoms with Crippen molar-refractivity contribution >= 4 is 28.7 Å². The molecular formula is C21H18N2O3S. The Balaban J connectivity index is 1.57. The Morgan fingerprint density at radius 2 is 1.96 bits per heavy atom. The van der Waals surface area contributed by atoms with Crippen molar-refractivity contribution in [3.63, 3.8) is 0 Å². The summed E-state index contributed by atoms with van der Waals surface area (Å²) in [6, 6.07) is 13.3. The maximum atomic E-state index is 11.5. The quantitative estimate of drug-likeness (QED) is 0.497. The van der Waals surface area contributed by atoms with Crippen molar-refractivity contribution in [1.82, 2.24) is 4.98 Å². The van der Waals surface area contributed by atoms with Gasteiger partial charge >= 0.3 is 5.97 Å². The number of aromatic nitrogens is 1. The number of hydrogen-bond donors (Lipinski definition) is 0. The second-order valence-corrected chi connectivity index (χ2v) is 7.23. The van der Waals surface area contributed by atoms with Crippen LogP contribution in [0, 0.1) is 0 Å². The highest BCUT2D eigenvalue weighted by Crippen LogP contribution is 2.40. The molecule has 136 valence electrons. The average Bonchev–Trinajstić information content (AvgIpc) is 3.15. The number of fused-ring (bicyclic) bond motifs is 3. The fraction of sp³-hybridized carbons (Fsp3) is 0.190. The second-order valence-electron chi connectivity index (χ2n) is 6.16. The summed E-state index contributed by atoms with van der Waals surface area (Å²) in [5, 5.41) is 0.737. The molecular weight excluding hydrogens is 360 g/mol. The molecule has 1 heterocycles. The molecule has 0 saturated carbocycles. The molecule has 4 rings (SSSR count). The number of esters is 1. The van der Waals surface area contributed by atoms with Crippen molar-refractivity contribution in [2.45, 2.75) is 12.8 Å². The lowest BCUT2D eigenvalue weighted by Crippen LogP contribution is -2.02. The van der Waals surface area contributed by atoms with E-state index in [9.17, 15) is 4.79 Å². The third-order valence-corrected chi connectivity index (χ3v) is 5.55. The molecule has 0 unspecified atom stereocenters. The van der Waals surface area contributed by atoms with Crippen molar-refractivity contribution < 1.29 is 14.3 Å². The molecule has 0 amide bonds. The van der Waals surface area contributed by atoms with E-state index in [-0.39, 0.29) is 5.97 Å². The van der Waals surface area contributed by atoms with E-state index in [1.807, 2.05) is 18.2 Å². The Kier molecular flexibility index (Phi) is 4.73. The zero-order valence-electron chi connectivity index (χ0n) is 15.1. The minimum atomic E-state index is -0.346. The standard InChI is InChI=1S/C21H18N2O3S/c1-25-16-8-9-17-15(11-16)7-10-18-19(17)23-21(27-18)22-12-13-3-5-14(6-4-13)20(24)26-2/h3-6,8-9,11-12H,7,10H2,1-2H3. The lowest BCUT2D eigenvalue weighted by molar-refractivity contribution is 0.0600. The van der Waals surface area contributed by atoms with Crippen LogP contribution in [0.4, 0.5) is 5.13 Å². The van der Waals surface area contributed by atoms with Gasteiger partial charge in [0, 0.05) is 16.7 Å². The Hall–Kier alpha value is -2.99. The molecule has 27 heavy (non-hydrogen) atoms. The molecule has 1 aromatic heterocycles. The van der Waals surface area contributed by atoms with Crippen molar-refractivity contribution in [3.05, 3.63) is 64.0 Å². The summed E-state index contributed by atoms with van der Waals surface area (Å²) >= 11 is 1.63. The molecule has 6 heteroatoms. The Morgan fingerprint density at radius 3 is 2.70 bits per heavy atom. The average molecular weight is 378 g/mol. The van der Waals surface area contributed by atoms with Gasteiger partial charge in [-0.1, -0.05) is 23.5 Å². The number of thiazole rings is 1. The van der Waals surface area contributed by atoms with Gasteiger partial charge in [-0.05, 0) is 54.3 Å². The Labute approximate surface area is 161 Å². The number of benzene rings is 2. The molecule has 0 bridgehead atoms. The van der Waals surface area contributed by atoms with Crippen LogP contribution in [0.3, 0.4) is 0 Å². The largest absolute Gasteiger partial charge is 0.497 e. The lowest BCUT2D eigenvalue weighted by Gasteiger charge is -2.15. The van der Waals surface area contributed by atoms with Crippen LogP contribution in [0.25, 0.3) is 11.3 Å². The summed E-state index contributed by atoms with van der Waals surface area (Å²) in [5.41, 5.74) is 4.88. The molecule has 0 fully saturated rings. The number of aliphatic imine (C=N–C) groups is 1. The van der Waals surface area contributed by atoms with Gasteiger partial charge in [-0.15, -0.1) is 0 Å². The molecule has 3 aromatic rings. The number of methoxy groups -OCH3 is 2. The second kappa shape index (κ2) is 7.32. The van der Waals surface area contributed by atoms with Gasteiger partial charge in [0.25, 0.3) is 0 Å². The van der Waals surface area contributed by atoms with Crippen molar-refractivity contribution in [2.24, 2.45) is 4.99 Å². The zero-order chi connectivity index (χ0) is 18.8. The van der Waals surface area contributed by atoms with E-state index >= 15 is 0 Å². The smallest absolute Gasteiger partial charge is 0.337 e. The molecule has 5 nitrogen and oxygen atoms in total. The first-order chi connectivity index (χ1) is 13.2. The highest BCUT2D eigenvalue weighted by Gasteiger charge is 2.21. The van der Waals surface area contributed by atoms with E-state index in [4.69, 9.17) is 14.5 Å². The third kappa shape index (κ3) is 3.48. The number of nitrogens with zero attached hydrogens (tertiary/aromatic N) is 2. The fourth-order valence-electron chi connectivity index (χ4n) is 3.11. The number of rotatable bonds is 4. The summed E-state index contributed by atoms with van der Waals surface area (Å²) in [4.78, 5) is 22.0. The lowest BCUT2D eigenvalue weighted by atomic mass is 9.93. The molecule has 0 aliphatic heterocycles. The third-order valence-electron chi connectivity index (χ3n) is 4.53. The minimum Gasteiger partial charge on any atom is -0.497 e. The minimum absolute atomic E-state index is 0.346. The zero-order valence-corrected chi connectivity index (χ0v) is 15.9. The molecule has 2 aromatic carbocycles. The van der Waals surface area contributed by atoms with Crippen molar-refractivity contribution in [2.75, 3.05) is 14.2 Å². The van der Waals surface area contributed by atoms with Gasteiger partial charge in [-0.25, -0.2) is 14.8 Å². The highest BCUT2D eigenvalue weighted by molar-refractivity contribution is 7.15. The van der Waals surface area contributed by atoms with E-state index < -0.39 is 0 Å². The van der Waals surface area contributed by atoms with Crippen molar-refractivity contribution in [3.8, 4) is 17.0 Å². The number of hydrogen-bond acceptors (Lipinski definition) is 6. The van der Waals surface area contributed by atoms with Crippen LogP contribution in [-0.4, -0.2) is 31.4 Å². The van der Waals surface area contributed by atoms with Gasteiger partial charge in [-0.2, -0.15) is 0 Å². The SMILES string of the molecule is COC(=O)c1ccc(C=Nc2nc3c(s2)CCc2cc(OC)ccc2-3)cc1. The first-order valence-corrected chi connectivity index (χ1v) is 9.39. The predicted octanol–water partition coefficient (Wildman–Crippen LogP) is 4.45. The van der Waals surface area contributed by atoms with Gasteiger partial charge in [0.05, 0.1) is 25.5 Å². The van der Waals surface area contributed by atoms with Gasteiger partial charge in [0.1, 0.15) is 5.75 Å². The van der Waals surface area contributed by atoms with Crippen LogP contribution >= 0.6 is 11.3 Å². The Morgan fingerprint density at radius 1 is 1.15 bits per heavy atom. The molecule has 0 N–H and O–H groups in total. The van der Waals surface area contributed by atoms with Crippen LogP contribution in [0.5, 0.6) is 5.75 Å². The molecule has 0 spiro atoms. The highest BCUT2D eigenvalue weighted by atomic mass is 32.1. The van der Waals surface area contributed by atoms with E-state index in [2.05, 4.69) is 17.1 Å². The summed E-state index contributed by atoms with van der Waals surface area (Å²) in [6.45, 7) is 0. The molecule has 1 aliphatic carbocycles. The van der Waals surface area contributed by atoms with Crippen LogP contribution < -0.4 is 4.74 Å². The summed E-state index contributed by atoms with van der Waals surface area (Å²) in [6.07, 6.45) is 3.72. The van der Waals surface area contributed by atoms with Crippen molar-refractivity contribution in [1.29, 1.82) is 0 Å². The van der Waals surface area contributed by atoms with Crippen LogP contribution in [-0.2, 0) is 17.6 Å². The van der Waals surface area contributed by atoms with Gasteiger partial charge in [0.15, 0.2) is 0 Å². The number of carbonyl (C=O) groups excluding carboxylic acids is 1. The van der Waals surface area contributed by atoms with Gasteiger partial charge in [-0.3, -0.25) is 0 Å². The molecule has 0 saturated heterocycles. The predicted molar refractivity (Wildman–Crippen MR) is 107 cm³/mol. The number of carbonyl (C=O) groups is 1. The maximum absolute atomic E-state index is 11.5. The molecule has 1 aliphatic rings. The summed E-state index contributed by atoms with van der Waals surface area (Å²) < 4.78 is 10.0. The first kappa shape index (κ1) is 17.4. The normalized spacial score (nSPS) is 12.5. The molecule has 0 radical (unpaired) electrons. The van der Waals surface area contributed by atoms with E-state index in [1.165, 1.54) is 17.6 Å². The maximum Gasteiger partial charge on any atom is 0.337 e. The summed E-state index contributed by atoms with van der Waals surface area (Å²) in [7, 11) is 3.06. The van der Waals surface area contributed by atoms with Crippen LogP contribution in [0.15, 0.2) is 47.5 Å². The summed E-state index contributed by atoms with van der Waals surface area (Å²) in [5.74, 6) is 0.530. The van der Waals surface area contributed by atoms with Gasteiger partial charge in [0.2, 0.25) is 5.13 Å². The van der Waals surface area contributed by atoms with E-state index in [1.54, 1.807) is 36.8 Å². The first-order valence-electron chi connectivity index (χ1n) is 8.57. The fourth-order valence-corrected chi connectivity index (χ4v) is 4.03. The number of ether oxygens (including phenoxy) is 2. The van der Waals surface area contributed by atoms with Crippen LogP contribution in [0.2, 0.25) is 0 Å². The topological polar surface area (TPSA) is 60.8 Å².